The van der Waals surface area contributed by atoms with Crippen molar-refractivity contribution in [3.63, 3.8) is 0 Å². The van der Waals surface area contributed by atoms with Crippen LogP contribution in [0.4, 0.5) is 4.79 Å². The summed E-state index contributed by atoms with van der Waals surface area (Å²) in [6.45, 7) is 5.38. The van der Waals surface area contributed by atoms with Gasteiger partial charge in [0, 0.05) is 58.1 Å². The molecule has 2 aliphatic heterocycles. The van der Waals surface area contributed by atoms with Crippen molar-refractivity contribution in [1.29, 1.82) is 0 Å². The molecule has 46 heavy (non-hydrogen) atoms. The van der Waals surface area contributed by atoms with Gasteiger partial charge in [0.1, 0.15) is 25.4 Å². The Morgan fingerprint density at radius 3 is 1.35 bits per heavy atom. The predicted octanol–water partition coefficient (Wildman–Crippen LogP) is -0.794. The first-order valence-corrected chi connectivity index (χ1v) is 14.2. The lowest BCUT2D eigenvalue weighted by atomic mass is 9.96. The monoisotopic (exact) mass is 683 g/mol. The first kappa shape index (κ1) is 38.5. The van der Waals surface area contributed by atoms with Gasteiger partial charge in [-0.3, -0.25) is 28.8 Å². The summed E-state index contributed by atoms with van der Waals surface area (Å²) < 4.78 is 60.5. The molecule has 0 radical (unpaired) electrons. The van der Waals surface area contributed by atoms with Crippen LogP contribution in [0.5, 0.6) is 0 Å². The maximum Gasteiger partial charge on any atom is 0.407 e. The van der Waals surface area contributed by atoms with Crippen molar-refractivity contribution in [2.75, 3.05) is 20.3 Å². The van der Waals surface area contributed by atoms with Gasteiger partial charge in [-0.25, -0.2) is 4.79 Å². The summed E-state index contributed by atoms with van der Waals surface area (Å²) in [7, 11) is 3.16. The number of rotatable bonds is 12. The van der Waals surface area contributed by atoms with E-state index in [4.69, 9.17) is 51.9 Å². The van der Waals surface area contributed by atoms with Gasteiger partial charge >= 0.3 is 41.9 Å². The van der Waals surface area contributed by atoms with Gasteiger partial charge < -0.3 is 57.2 Å². The average molecular weight is 684 g/mol. The Labute approximate surface area is 265 Å². The quantitative estimate of drug-likeness (QED) is 0.151. The second kappa shape index (κ2) is 17.9. The van der Waals surface area contributed by atoms with E-state index in [0.29, 0.717) is 0 Å². The smallest absolute Gasteiger partial charge is 0.407 e. The minimum atomic E-state index is -1.77. The zero-order valence-corrected chi connectivity index (χ0v) is 27.3. The van der Waals surface area contributed by atoms with E-state index in [1.807, 2.05) is 9.47 Å². The van der Waals surface area contributed by atoms with Crippen LogP contribution in [0.2, 0.25) is 0 Å². The second-order valence-electron chi connectivity index (χ2n) is 9.84. The molecule has 0 spiro atoms. The van der Waals surface area contributed by atoms with Crippen LogP contribution in [0.1, 0.15) is 41.5 Å². The van der Waals surface area contributed by atoms with Crippen LogP contribution in [0.25, 0.3) is 0 Å². The van der Waals surface area contributed by atoms with Crippen molar-refractivity contribution in [2.24, 2.45) is 0 Å². The number of carbonyl (C=O) groups excluding carboxylic acids is 7. The molecule has 1 amide bonds. The van der Waals surface area contributed by atoms with Gasteiger partial charge in [0.15, 0.2) is 49.2 Å². The lowest BCUT2D eigenvalue weighted by Gasteiger charge is -2.48. The standard InChI is InChI=1S/C26H38NO18P/c1-10(28)35-8-16-18(37-12(3)30)20(38-13(4)31)23(25(42-16)45-46)43-24-22(40-15(6)33)21(39-14(5)32)19(44-26(34)27-7)17(41-24)9-36-11(2)29/h16-25H,8-9,46H2,1-7H3,(H,27,34)/t16-,17+,18+,19+,20-,21-,22-,23-,24+,25+/m0/s1. The summed E-state index contributed by atoms with van der Waals surface area (Å²) >= 11 is 0. The topological polar surface area (TPSA) is 233 Å². The van der Waals surface area contributed by atoms with Crippen LogP contribution in [0.15, 0.2) is 0 Å². The van der Waals surface area contributed by atoms with E-state index < -0.39 is 117 Å². The molecule has 0 aromatic rings. The zero-order chi connectivity index (χ0) is 34.7. The van der Waals surface area contributed by atoms with Crippen LogP contribution in [-0.4, -0.2) is 124 Å². The van der Waals surface area contributed by atoms with E-state index in [-0.39, 0.29) is 0 Å². The van der Waals surface area contributed by atoms with Gasteiger partial charge in [-0.05, 0) is 0 Å². The number of alkyl carbamates (subject to hydrolysis) is 1. The van der Waals surface area contributed by atoms with E-state index in [2.05, 4.69) is 5.32 Å². The first-order valence-electron chi connectivity index (χ1n) is 13.7. The van der Waals surface area contributed by atoms with E-state index in [9.17, 15) is 33.6 Å². The number of carbonyl (C=O) groups is 7. The molecular weight excluding hydrogens is 645 g/mol. The van der Waals surface area contributed by atoms with Crippen LogP contribution >= 0.6 is 9.47 Å². The lowest BCUT2D eigenvalue weighted by molar-refractivity contribution is -0.358. The highest BCUT2D eigenvalue weighted by Crippen LogP contribution is 2.36. The molecule has 2 fully saturated rings. The molecule has 2 saturated heterocycles. The molecule has 260 valence electrons. The van der Waals surface area contributed by atoms with Gasteiger partial charge in [0.25, 0.3) is 0 Å². The number of esters is 6. The van der Waals surface area contributed by atoms with E-state index in [0.717, 1.165) is 41.5 Å². The van der Waals surface area contributed by atoms with Crippen LogP contribution in [0, 0.1) is 0 Å². The summed E-state index contributed by atoms with van der Waals surface area (Å²) in [6, 6.07) is 0. The minimum absolute atomic E-state index is 0.463. The summed E-state index contributed by atoms with van der Waals surface area (Å²) in [5.74, 6) is -4.95. The molecule has 0 aliphatic carbocycles. The largest absolute Gasteiger partial charge is 0.463 e. The number of hydrogen-bond donors (Lipinski definition) is 1. The fourth-order valence-corrected chi connectivity index (χ4v) is 4.79. The van der Waals surface area contributed by atoms with Crippen LogP contribution < -0.4 is 5.32 Å². The van der Waals surface area contributed by atoms with Crippen LogP contribution in [0.3, 0.4) is 0 Å². The summed E-state index contributed by atoms with van der Waals surface area (Å²) in [4.78, 5) is 84.3. The minimum Gasteiger partial charge on any atom is -0.463 e. The Morgan fingerprint density at radius 1 is 0.543 bits per heavy atom. The molecule has 11 atom stereocenters. The Morgan fingerprint density at radius 2 is 0.935 bits per heavy atom. The maximum atomic E-state index is 12.3. The van der Waals surface area contributed by atoms with Crippen molar-refractivity contribution in [3.05, 3.63) is 0 Å². The lowest BCUT2D eigenvalue weighted by Crippen LogP contribution is -2.67. The predicted molar refractivity (Wildman–Crippen MR) is 148 cm³/mol. The van der Waals surface area contributed by atoms with Gasteiger partial charge in [-0.2, -0.15) is 0 Å². The third kappa shape index (κ3) is 11.3. The van der Waals surface area contributed by atoms with Gasteiger partial charge in [-0.15, -0.1) is 0 Å². The molecule has 2 rings (SSSR count). The highest BCUT2D eigenvalue weighted by atomic mass is 31.0. The van der Waals surface area contributed by atoms with E-state index in [1.165, 1.54) is 7.05 Å². The number of nitrogens with one attached hydrogen (secondary N) is 1. The van der Waals surface area contributed by atoms with Crippen LogP contribution in [-0.2, 0) is 80.7 Å². The van der Waals surface area contributed by atoms with Gasteiger partial charge in [0.05, 0.1) is 0 Å². The summed E-state index contributed by atoms with van der Waals surface area (Å²) in [5.41, 5.74) is 0. The third-order valence-electron chi connectivity index (χ3n) is 6.16. The Kier molecular flexibility index (Phi) is 15.0. The second-order valence-corrected chi connectivity index (χ2v) is 10.1. The summed E-state index contributed by atoms with van der Waals surface area (Å²) in [6.07, 6.45) is -16.3. The van der Waals surface area contributed by atoms with Gasteiger partial charge in [0.2, 0.25) is 0 Å². The molecule has 0 aromatic heterocycles. The highest BCUT2D eigenvalue weighted by molar-refractivity contribution is 7.09. The molecule has 0 bridgehead atoms. The molecule has 20 heteroatoms. The molecule has 2 heterocycles. The molecular formula is C26H38NO18P. The molecule has 0 aromatic carbocycles. The van der Waals surface area contributed by atoms with Crippen molar-refractivity contribution in [3.8, 4) is 0 Å². The molecule has 0 saturated carbocycles. The van der Waals surface area contributed by atoms with Gasteiger partial charge in [-0.1, -0.05) is 0 Å². The Balaban J connectivity index is 2.65. The number of amides is 1. The van der Waals surface area contributed by atoms with Crippen molar-refractivity contribution < 1.29 is 85.5 Å². The average Bonchev–Trinajstić information content (AvgIpc) is 2.94. The maximum absolute atomic E-state index is 12.3. The normalized spacial score (nSPS) is 30.5. The molecule has 1 N–H and O–H groups in total. The first-order chi connectivity index (χ1) is 21.6. The van der Waals surface area contributed by atoms with Crippen molar-refractivity contribution in [2.45, 2.75) is 103 Å². The molecule has 2 aliphatic rings. The highest BCUT2D eigenvalue weighted by Gasteiger charge is 2.57. The zero-order valence-electron chi connectivity index (χ0n) is 26.1. The van der Waals surface area contributed by atoms with E-state index >= 15 is 0 Å². The Bertz CT molecular complexity index is 1130. The van der Waals surface area contributed by atoms with E-state index in [1.54, 1.807) is 0 Å². The fourth-order valence-electron chi connectivity index (χ4n) is 4.57. The SMILES string of the molecule is CNC(=O)O[C@H]1[C@H](OC(C)=O)[C@H](OC(C)=O)[C@@H](O[C@@H]2[C@@H](OP)O[C@@H](COC(C)=O)[C@@H](OC(C)=O)[C@@H]2OC(C)=O)O[C@@H]1COC(C)=O. The fraction of sp³-hybridized carbons (Fsp3) is 0.731. The Hall–Kier alpha value is -3.64. The van der Waals surface area contributed by atoms with Crippen molar-refractivity contribution in [1.82, 2.24) is 5.32 Å². The number of ether oxygens (including phenoxy) is 10. The number of hydrogen-bond acceptors (Lipinski definition) is 18. The van der Waals surface area contributed by atoms with Crippen molar-refractivity contribution >= 4 is 51.4 Å². The molecule has 1 unspecified atom stereocenters. The third-order valence-corrected chi connectivity index (χ3v) is 6.43. The molecule has 19 nitrogen and oxygen atoms in total. The summed E-state index contributed by atoms with van der Waals surface area (Å²) in [5, 5.41) is 2.22.